The van der Waals surface area contributed by atoms with Crippen LogP contribution in [-0.4, -0.2) is 30.2 Å². The van der Waals surface area contributed by atoms with Crippen molar-refractivity contribution in [1.82, 2.24) is 5.06 Å². The Morgan fingerprint density at radius 1 is 1.04 bits per heavy atom. The summed E-state index contributed by atoms with van der Waals surface area (Å²) < 4.78 is 12.3. The van der Waals surface area contributed by atoms with E-state index in [1.165, 1.54) is 25.2 Å². The number of carbonyl (C=O) groups excluding carboxylic acids is 2. The molecule has 1 heterocycles. The Kier molecular flexibility index (Phi) is 6.03. The number of nitrogens with zero attached hydrogens (tertiary/aromatic N) is 1. The minimum Gasteiger partial charge on any atom is -0.490 e. The highest BCUT2D eigenvalue weighted by molar-refractivity contribution is 7.19. The summed E-state index contributed by atoms with van der Waals surface area (Å²) in [5.41, 5.74) is 0. The van der Waals surface area contributed by atoms with Gasteiger partial charge in [0, 0.05) is 29.5 Å². The number of carbonyl (C=O) groups is 2. The molecule has 1 aromatic carbocycles. The van der Waals surface area contributed by atoms with E-state index in [0.29, 0.717) is 24.7 Å². The lowest BCUT2D eigenvalue weighted by atomic mass is 10.2. The maximum atomic E-state index is 11.6. The molecule has 0 aliphatic rings. The van der Waals surface area contributed by atoms with E-state index in [-0.39, 0.29) is 12.5 Å². The van der Waals surface area contributed by atoms with Gasteiger partial charge in [0.15, 0.2) is 11.5 Å². The van der Waals surface area contributed by atoms with E-state index < -0.39 is 5.97 Å². The van der Waals surface area contributed by atoms with Crippen LogP contribution in [-0.2, 0) is 21.0 Å². The summed E-state index contributed by atoms with van der Waals surface area (Å²) in [5.74, 6) is 0.541. The Hall–Kier alpha value is -2.28. The van der Waals surface area contributed by atoms with Crippen LogP contribution >= 0.6 is 11.3 Å². The van der Waals surface area contributed by atoms with Crippen LogP contribution in [0, 0.1) is 0 Å². The molecule has 1 aromatic heterocycles. The van der Waals surface area contributed by atoms with Crippen LogP contribution in [0.3, 0.4) is 0 Å². The second-order valence-corrected chi connectivity index (χ2v) is 6.22. The minimum absolute atomic E-state index is 0.211. The molecule has 24 heavy (non-hydrogen) atoms. The SMILES string of the molecule is CCOc1cc2cc(CN(OC(C)=O)C(C)=O)sc2cc1OCC. The highest BCUT2D eigenvalue weighted by atomic mass is 32.1. The van der Waals surface area contributed by atoms with E-state index in [9.17, 15) is 9.59 Å². The standard InChI is InChI=1S/C17H21NO5S/c1-5-21-15-8-13-7-14(10-18(11(3)19)23-12(4)20)24-17(13)9-16(15)22-6-2/h7-9H,5-6,10H2,1-4H3. The summed E-state index contributed by atoms with van der Waals surface area (Å²) in [4.78, 5) is 28.5. The van der Waals surface area contributed by atoms with Crippen LogP contribution in [0.1, 0.15) is 32.6 Å². The van der Waals surface area contributed by atoms with Gasteiger partial charge in [0.05, 0.1) is 19.8 Å². The van der Waals surface area contributed by atoms with Crippen LogP contribution in [0.2, 0.25) is 0 Å². The lowest BCUT2D eigenvalue weighted by Gasteiger charge is -2.17. The normalized spacial score (nSPS) is 10.5. The Labute approximate surface area is 144 Å². The largest absolute Gasteiger partial charge is 0.490 e. The van der Waals surface area contributed by atoms with Crippen LogP contribution < -0.4 is 9.47 Å². The second kappa shape index (κ2) is 8.01. The van der Waals surface area contributed by atoms with Crippen LogP contribution in [0.15, 0.2) is 18.2 Å². The number of hydrogen-bond acceptors (Lipinski definition) is 6. The summed E-state index contributed by atoms with van der Waals surface area (Å²) in [5, 5.41) is 2.05. The quantitative estimate of drug-likeness (QED) is 0.745. The van der Waals surface area contributed by atoms with Gasteiger partial charge in [-0.25, -0.2) is 0 Å². The molecule has 1 amide bonds. The lowest BCUT2D eigenvalue weighted by Crippen LogP contribution is -2.29. The van der Waals surface area contributed by atoms with Gasteiger partial charge < -0.3 is 14.3 Å². The average Bonchev–Trinajstić information content (AvgIpc) is 2.88. The second-order valence-electron chi connectivity index (χ2n) is 5.05. The molecular formula is C17H21NO5S. The summed E-state index contributed by atoms with van der Waals surface area (Å²) in [6.45, 7) is 7.77. The topological polar surface area (TPSA) is 65.1 Å². The Morgan fingerprint density at radius 3 is 2.21 bits per heavy atom. The van der Waals surface area contributed by atoms with Gasteiger partial charge in [-0.05, 0) is 31.4 Å². The number of thiophene rings is 1. The van der Waals surface area contributed by atoms with Crippen molar-refractivity contribution in [3.05, 3.63) is 23.1 Å². The van der Waals surface area contributed by atoms with Gasteiger partial charge in [0.25, 0.3) is 5.91 Å². The number of hydrogen-bond donors (Lipinski definition) is 0. The molecular weight excluding hydrogens is 330 g/mol. The molecule has 6 nitrogen and oxygen atoms in total. The molecule has 0 N–H and O–H groups in total. The average molecular weight is 351 g/mol. The first-order valence-electron chi connectivity index (χ1n) is 7.73. The first kappa shape index (κ1) is 18.1. The van der Waals surface area contributed by atoms with Crippen molar-refractivity contribution in [2.24, 2.45) is 0 Å². The minimum atomic E-state index is -0.524. The summed E-state index contributed by atoms with van der Waals surface area (Å²) in [6, 6.07) is 5.81. The molecule has 130 valence electrons. The number of benzene rings is 1. The first-order valence-corrected chi connectivity index (χ1v) is 8.54. The van der Waals surface area contributed by atoms with Gasteiger partial charge >= 0.3 is 5.97 Å². The van der Waals surface area contributed by atoms with Gasteiger partial charge in [-0.3, -0.25) is 9.59 Å². The zero-order valence-electron chi connectivity index (χ0n) is 14.3. The van der Waals surface area contributed by atoms with Crippen molar-refractivity contribution in [3.63, 3.8) is 0 Å². The zero-order chi connectivity index (χ0) is 17.7. The smallest absolute Gasteiger partial charge is 0.329 e. The molecule has 0 saturated heterocycles. The first-order chi connectivity index (χ1) is 11.4. The van der Waals surface area contributed by atoms with Crippen LogP contribution in [0.4, 0.5) is 0 Å². The maximum absolute atomic E-state index is 11.6. The van der Waals surface area contributed by atoms with Crippen molar-refractivity contribution >= 4 is 33.3 Å². The fraction of sp³-hybridized carbons (Fsp3) is 0.412. The summed E-state index contributed by atoms with van der Waals surface area (Å²) >= 11 is 1.52. The lowest BCUT2D eigenvalue weighted by molar-refractivity contribution is -0.197. The molecule has 0 aliphatic heterocycles. The molecule has 2 aromatic rings. The molecule has 0 fully saturated rings. The third kappa shape index (κ3) is 4.38. The molecule has 0 atom stereocenters. The molecule has 0 bridgehead atoms. The number of ether oxygens (including phenoxy) is 2. The Morgan fingerprint density at radius 2 is 1.67 bits per heavy atom. The highest BCUT2D eigenvalue weighted by Gasteiger charge is 2.16. The molecule has 0 unspecified atom stereocenters. The maximum Gasteiger partial charge on any atom is 0.329 e. The van der Waals surface area contributed by atoms with E-state index in [0.717, 1.165) is 20.0 Å². The van der Waals surface area contributed by atoms with E-state index in [2.05, 4.69) is 0 Å². The fourth-order valence-electron chi connectivity index (χ4n) is 2.22. The van der Waals surface area contributed by atoms with Crippen molar-refractivity contribution < 1.29 is 23.9 Å². The van der Waals surface area contributed by atoms with Crippen LogP contribution in [0.5, 0.6) is 11.5 Å². The summed E-state index contributed by atoms with van der Waals surface area (Å²) in [6.07, 6.45) is 0. The fourth-order valence-corrected chi connectivity index (χ4v) is 3.27. The number of rotatable bonds is 6. The third-order valence-corrected chi connectivity index (χ3v) is 4.21. The predicted octanol–water partition coefficient (Wildman–Crippen LogP) is 3.53. The Balaban J connectivity index is 2.32. The van der Waals surface area contributed by atoms with Gasteiger partial charge in [0.2, 0.25) is 0 Å². The van der Waals surface area contributed by atoms with Crippen molar-refractivity contribution in [2.45, 2.75) is 34.2 Å². The predicted molar refractivity (Wildman–Crippen MR) is 92.2 cm³/mol. The molecule has 7 heteroatoms. The van der Waals surface area contributed by atoms with E-state index >= 15 is 0 Å². The summed E-state index contributed by atoms with van der Waals surface area (Å²) in [7, 11) is 0. The van der Waals surface area contributed by atoms with Gasteiger partial charge in [-0.2, -0.15) is 5.06 Å². The molecule has 2 rings (SSSR count). The van der Waals surface area contributed by atoms with E-state index in [1.807, 2.05) is 32.0 Å². The monoisotopic (exact) mass is 351 g/mol. The van der Waals surface area contributed by atoms with Crippen molar-refractivity contribution in [2.75, 3.05) is 13.2 Å². The van der Waals surface area contributed by atoms with E-state index in [1.54, 1.807) is 0 Å². The van der Waals surface area contributed by atoms with Gasteiger partial charge in [-0.15, -0.1) is 11.3 Å². The van der Waals surface area contributed by atoms with Crippen molar-refractivity contribution in [3.8, 4) is 11.5 Å². The Bertz CT molecular complexity index is 697. The number of fused-ring (bicyclic) bond motifs is 1. The number of hydroxylamine groups is 2. The highest BCUT2D eigenvalue weighted by Crippen LogP contribution is 2.37. The molecule has 0 radical (unpaired) electrons. The van der Waals surface area contributed by atoms with Gasteiger partial charge in [0.1, 0.15) is 0 Å². The third-order valence-electron chi connectivity index (χ3n) is 3.12. The van der Waals surface area contributed by atoms with Crippen LogP contribution in [0.25, 0.3) is 10.1 Å². The van der Waals surface area contributed by atoms with E-state index in [4.69, 9.17) is 14.3 Å². The molecule has 0 saturated carbocycles. The molecule has 0 spiro atoms. The van der Waals surface area contributed by atoms with Crippen molar-refractivity contribution in [1.29, 1.82) is 0 Å². The number of amides is 1. The molecule has 0 aliphatic carbocycles. The van der Waals surface area contributed by atoms with Gasteiger partial charge in [-0.1, -0.05) is 0 Å². The zero-order valence-corrected chi connectivity index (χ0v) is 15.1.